The average molecular weight is 417 g/mol. The number of allylic oxidation sites excluding steroid dienone is 7. The highest BCUT2D eigenvalue weighted by atomic mass is 16.4. The third kappa shape index (κ3) is 5.09. The zero-order valence-corrected chi connectivity index (χ0v) is 17.8. The first kappa shape index (κ1) is 24.1. The molecule has 0 bridgehead atoms. The third-order valence-electron chi connectivity index (χ3n) is 5.67. The fourth-order valence-electron chi connectivity index (χ4n) is 3.83. The lowest BCUT2D eigenvalue weighted by molar-refractivity contribution is -0.113. The van der Waals surface area contributed by atoms with E-state index in [-0.39, 0.29) is 5.92 Å². The van der Waals surface area contributed by atoms with Crippen LogP contribution < -0.4 is 0 Å². The molecule has 6 N–H and O–H groups in total. The van der Waals surface area contributed by atoms with E-state index in [1.165, 1.54) is 6.08 Å². The summed E-state index contributed by atoms with van der Waals surface area (Å²) in [5.74, 6) is -0.394. The Bertz CT molecular complexity index is 879. The molecule has 30 heavy (non-hydrogen) atoms. The number of aryl methyl sites for hydroxylation is 1. The fourth-order valence-corrected chi connectivity index (χ4v) is 3.83. The molecule has 0 heterocycles. The SMILES string of the molecule is CC1=C(C=C(O)[C@H](O)[C@@H](O)[C@H](O)[C@H](O)CO)C=CC(C)C1=C(C)c1ccccc1C. The summed E-state index contributed by atoms with van der Waals surface area (Å²) < 4.78 is 0. The van der Waals surface area contributed by atoms with E-state index in [2.05, 4.69) is 32.9 Å². The van der Waals surface area contributed by atoms with Gasteiger partial charge in [-0.25, -0.2) is 0 Å². The molecule has 0 fully saturated rings. The van der Waals surface area contributed by atoms with Crippen LogP contribution in [0.1, 0.15) is 31.9 Å². The van der Waals surface area contributed by atoms with Crippen LogP contribution in [0.5, 0.6) is 0 Å². The van der Waals surface area contributed by atoms with E-state index in [1.54, 1.807) is 0 Å². The number of aliphatic hydroxyl groups excluding tert-OH is 6. The molecular formula is C24H32O6. The van der Waals surface area contributed by atoms with E-state index in [0.717, 1.165) is 27.8 Å². The van der Waals surface area contributed by atoms with Crippen molar-refractivity contribution in [1.82, 2.24) is 0 Å². The van der Waals surface area contributed by atoms with Gasteiger partial charge in [-0.1, -0.05) is 43.3 Å². The van der Waals surface area contributed by atoms with Crippen LogP contribution in [-0.2, 0) is 0 Å². The van der Waals surface area contributed by atoms with Crippen LogP contribution in [0.25, 0.3) is 5.57 Å². The van der Waals surface area contributed by atoms with Gasteiger partial charge in [-0.15, -0.1) is 0 Å². The largest absolute Gasteiger partial charge is 0.509 e. The molecule has 0 spiro atoms. The fraction of sp³-hybridized carbons (Fsp3) is 0.417. The molecule has 0 amide bonds. The normalized spacial score (nSPS) is 23.2. The topological polar surface area (TPSA) is 121 Å². The molecule has 0 aliphatic heterocycles. The minimum absolute atomic E-state index is 0.154. The van der Waals surface area contributed by atoms with Crippen molar-refractivity contribution in [3.8, 4) is 0 Å². The Labute approximate surface area is 177 Å². The van der Waals surface area contributed by atoms with Gasteiger partial charge in [0.2, 0.25) is 0 Å². The maximum absolute atomic E-state index is 10.3. The lowest BCUT2D eigenvalue weighted by Gasteiger charge is -2.26. The lowest BCUT2D eigenvalue weighted by atomic mass is 9.81. The van der Waals surface area contributed by atoms with Crippen molar-refractivity contribution in [2.45, 2.75) is 52.1 Å². The molecule has 6 nitrogen and oxygen atoms in total. The number of hydrogen-bond donors (Lipinski definition) is 6. The van der Waals surface area contributed by atoms with Gasteiger partial charge < -0.3 is 30.6 Å². The van der Waals surface area contributed by atoms with Crippen LogP contribution in [0.4, 0.5) is 0 Å². The average Bonchev–Trinajstić information content (AvgIpc) is 2.73. The van der Waals surface area contributed by atoms with Gasteiger partial charge in [-0.2, -0.15) is 0 Å². The molecule has 6 heteroatoms. The van der Waals surface area contributed by atoms with E-state index in [4.69, 9.17) is 5.11 Å². The molecule has 0 saturated heterocycles. The molecule has 164 valence electrons. The first-order valence-electron chi connectivity index (χ1n) is 10.00. The standard InChI is InChI=1S/C24H32O6/c1-13-7-5-6-8-18(13)16(4)21-14(2)9-10-17(15(21)3)11-19(26)22(28)24(30)23(29)20(27)12-25/h5-11,14,20,22-30H,12H2,1-4H3/t14?,20-,22+,23-,24-/m1/s1. The summed E-state index contributed by atoms with van der Waals surface area (Å²) in [5, 5.41) is 58.6. The maximum atomic E-state index is 10.3. The zero-order chi connectivity index (χ0) is 22.6. The number of rotatable bonds is 7. The smallest absolute Gasteiger partial charge is 0.139 e. The van der Waals surface area contributed by atoms with Gasteiger partial charge in [0.05, 0.1) is 6.61 Å². The Balaban J connectivity index is 2.42. The minimum atomic E-state index is -1.86. The summed E-state index contributed by atoms with van der Waals surface area (Å²) in [5.41, 5.74) is 6.11. The summed E-state index contributed by atoms with van der Waals surface area (Å²) in [6, 6.07) is 8.10. The van der Waals surface area contributed by atoms with Crippen molar-refractivity contribution in [3.05, 3.63) is 76.1 Å². The second kappa shape index (κ2) is 10.2. The molecule has 2 rings (SSSR count). The highest BCUT2D eigenvalue weighted by molar-refractivity contribution is 5.75. The molecule has 1 aliphatic carbocycles. The Hall–Kier alpha value is -2.22. The summed E-state index contributed by atoms with van der Waals surface area (Å²) in [6.07, 6.45) is -1.95. The molecule has 0 saturated carbocycles. The quantitative estimate of drug-likeness (QED) is 0.379. The van der Waals surface area contributed by atoms with Crippen molar-refractivity contribution < 1.29 is 30.6 Å². The number of benzene rings is 1. The van der Waals surface area contributed by atoms with Crippen LogP contribution in [0, 0.1) is 12.8 Å². The van der Waals surface area contributed by atoms with Gasteiger partial charge in [0, 0.05) is 0 Å². The van der Waals surface area contributed by atoms with E-state index < -0.39 is 36.8 Å². The predicted molar refractivity (Wildman–Crippen MR) is 117 cm³/mol. The van der Waals surface area contributed by atoms with Crippen LogP contribution in [-0.4, -0.2) is 61.7 Å². The molecular weight excluding hydrogens is 384 g/mol. The first-order chi connectivity index (χ1) is 14.1. The van der Waals surface area contributed by atoms with Crippen LogP contribution >= 0.6 is 0 Å². The van der Waals surface area contributed by atoms with Gasteiger partial charge in [0.25, 0.3) is 0 Å². The molecule has 1 unspecified atom stereocenters. The first-order valence-corrected chi connectivity index (χ1v) is 10.00. The van der Waals surface area contributed by atoms with Crippen molar-refractivity contribution >= 4 is 5.57 Å². The Morgan fingerprint density at radius 2 is 1.70 bits per heavy atom. The Morgan fingerprint density at radius 3 is 2.30 bits per heavy atom. The second-order valence-electron chi connectivity index (χ2n) is 7.83. The summed E-state index contributed by atoms with van der Waals surface area (Å²) in [4.78, 5) is 0. The van der Waals surface area contributed by atoms with Gasteiger partial charge in [-0.3, -0.25) is 0 Å². The highest BCUT2D eigenvalue weighted by Crippen LogP contribution is 2.36. The highest BCUT2D eigenvalue weighted by Gasteiger charge is 2.32. The van der Waals surface area contributed by atoms with Gasteiger partial charge in [-0.05, 0) is 66.2 Å². The van der Waals surface area contributed by atoms with E-state index in [1.807, 2.05) is 31.2 Å². The van der Waals surface area contributed by atoms with Crippen molar-refractivity contribution in [1.29, 1.82) is 0 Å². The maximum Gasteiger partial charge on any atom is 0.139 e. The van der Waals surface area contributed by atoms with E-state index in [0.29, 0.717) is 5.57 Å². The van der Waals surface area contributed by atoms with Crippen LogP contribution in [0.15, 0.2) is 65.0 Å². The van der Waals surface area contributed by atoms with Crippen LogP contribution in [0.2, 0.25) is 0 Å². The number of hydrogen-bond acceptors (Lipinski definition) is 6. The summed E-state index contributed by atoms with van der Waals surface area (Å²) in [7, 11) is 0. The predicted octanol–water partition coefficient (Wildman–Crippen LogP) is 2.17. The van der Waals surface area contributed by atoms with Gasteiger partial charge in [0.1, 0.15) is 30.2 Å². The number of aliphatic hydroxyl groups is 6. The molecule has 1 aromatic rings. The van der Waals surface area contributed by atoms with Crippen molar-refractivity contribution in [2.75, 3.05) is 6.61 Å². The molecule has 0 radical (unpaired) electrons. The van der Waals surface area contributed by atoms with E-state index >= 15 is 0 Å². The molecule has 1 aromatic carbocycles. The minimum Gasteiger partial charge on any atom is -0.509 e. The lowest BCUT2D eigenvalue weighted by Crippen LogP contribution is -2.46. The van der Waals surface area contributed by atoms with Crippen LogP contribution in [0.3, 0.4) is 0 Å². The molecule has 5 atom stereocenters. The third-order valence-corrected chi connectivity index (χ3v) is 5.67. The van der Waals surface area contributed by atoms with Crippen molar-refractivity contribution in [3.63, 3.8) is 0 Å². The zero-order valence-electron chi connectivity index (χ0n) is 17.8. The molecule has 1 aliphatic rings. The van der Waals surface area contributed by atoms with Gasteiger partial charge in [0.15, 0.2) is 0 Å². The van der Waals surface area contributed by atoms with E-state index in [9.17, 15) is 25.5 Å². The second-order valence-corrected chi connectivity index (χ2v) is 7.83. The Morgan fingerprint density at radius 1 is 1.07 bits per heavy atom. The summed E-state index contributed by atoms with van der Waals surface area (Å²) >= 11 is 0. The summed E-state index contributed by atoms with van der Waals surface area (Å²) in [6.45, 7) is 7.35. The molecule has 0 aromatic heterocycles. The van der Waals surface area contributed by atoms with Crippen molar-refractivity contribution in [2.24, 2.45) is 5.92 Å². The van der Waals surface area contributed by atoms with Gasteiger partial charge >= 0.3 is 0 Å². The monoisotopic (exact) mass is 416 g/mol. The Kier molecular flexibility index (Phi) is 8.18.